The van der Waals surface area contributed by atoms with Crippen molar-refractivity contribution >= 4 is 0 Å². The highest BCUT2D eigenvalue weighted by atomic mass is 15.2. The SMILES string of the molecule is CCCCCC(CC1CC2CCC1C2)NN. The van der Waals surface area contributed by atoms with Crippen molar-refractivity contribution in [1.29, 1.82) is 0 Å². The first-order valence-corrected chi connectivity index (χ1v) is 7.29. The Labute approximate surface area is 100 Å². The largest absolute Gasteiger partial charge is 0.271 e. The van der Waals surface area contributed by atoms with Gasteiger partial charge in [-0.05, 0) is 49.9 Å². The maximum absolute atomic E-state index is 5.68. The number of nitrogens with one attached hydrogen (secondary N) is 1. The minimum Gasteiger partial charge on any atom is -0.271 e. The Morgan fingerprint density at radius 1 is 1.25 bits per heavy atom. The van der Waals surface area contributed by atoms with Gasteiger partial charge in [0.15, 0.2) is 0 Å². The molecule has 2 rings (SSSR count). The van der Waals surface area contributed by atoms with Gasteiger partial charge in [-0.25, -0.2) is 0 Å². The second-order valence-electron chi connectivity index (χ2n) is 6.03. The van der Waals surface area contributed by atoms with E-state index in [1.807, 2.05) is 0 Å². The topological polar surface area (TPSA) is 38.0 Å². The molecule has 2 bridgehead atoms. The summed E-state index contributed by atoms with van der Waals surface area (Å²) < 4.78 is 0. The molecule has 0 aromatic rings. The fraction of sp³-hybridized carbons (Fsp3) is 1.00. The number of unbranched alkanes of at least 4 members (excludes halogenated alkanes) is 2. The van der Waals surface area contributed by atoms with Crippen molar-refractivity contribution in [3.63, 3.8) is 0 Å². The minimum atomic E-state index is 0.580. The number of hydrogen-bond donors (Lipinski definition) is 2. The summed E-state index contributed by atoms with van der Waals surface area (Å²) in [6, 6.07) is 0.580. The minimum absolute atomic E-state index is 0.580. The van der Waals surface area contributed by atoms with Crippen molar-refractivity contribution in [3.05, 3.63) is 0 Å². The molecule has 4 atom stereocenters. The van der Waals surface area contributed by atoms with Gasteiger partial charge >= 0.3 is 0 Å². The summed E-state index contributed by atoms with van der Waals surface area (Å²) in [7, 11) is 0. The lowest BCUT2D eigenvalue weighted by Crippen LogP contribution is -2.37. The van der Waals surface area contributed by atoms with Gasteiger partial charge in [0.25, 0.3) is 0 Å². The second-order valence-corrected chi connectivity index (χ2v) is 6.03. The van der Waals surface area contributed by atoms with Crippen LogP contribution < -0.4 is 11.3 Å². The van der Waals surface area contributed by atoms with Crippen LogP contribution in [-0.2, 0) is 0 Å². The van der Waals surface area contributed by atoms with Crippen LogP contribution in [0.2, 0.25) is 0 Å². The zero-order chi connectivity index (χ0) is 11.4. The van der Waals surface area contributed by atoms with Crippen LogP contribution in [0.15, 0.2) is 0 Å². The average molecular weight is 224 g/mol. The smallest absolute Gasteiger partial charge is 0.0213 e. The van der Waals surface area contributed by atoms with Gasteiger partial charge < -0.3 is 0 Å². The number of hydrogen-bond acceptors (Lipinski definition) is 2. The van der Waals surface area contributed by atoms with Crippen molar-refractivity contribution < 1.29 is 0 Å². The monoisotopic (exact) mass is 224 g/mol. The van der Waals surface area contributed by atoms with Crippen LogP contribution in [0.5, 0.6) is 0 Å². The molecule has 0 aromatic heterocycles. The van der Waals surface area contributed by atoms with E-state index in [9.17, 15) is 0 Å². The van der Waals surface area contributed by atoms with Gasteiger partial charge in [0.2, 0.25) is 0 Å². The summed E-state index contributed by atoms with van der Waals surface area (Å²) in [6.45, 7) is 2.26. The van der Waals surface area contributed by atoms with E-state index in [-0.39, 0.29) is 0 Å². The van der Waals surface area contributed by atoms with Crippen molar-refractivity contribution in [2.75, 3.05) is 0 Å². The van der Waals surface area contributed by atoms with Crippen LogP contribution >= 0.6 is 0 Å². The summed E-state index contributed by atoms with van der Waals surface area (Å²) in [5.74, 6) is 8.79. The fourth-order valence-electron chi connectivity index (χ4n) is 3.94. The molecular weight excluding hydrogens is 196 g/mol. The summed E-state index contributed by atoms with van der Waals surface area (Å²) >= 11 is 0. The Morgan fingerprint density at radius 2 is 2.12 bits per heavy atom. The first-order valence-electron chi connectivity index (χ1n) is 7.29. The quantitative estimate of drug-likeness (QED) is 0.396. The van der Waals surface area contributed by atoms with Gasteiger partial charge in [0, 0.05) is 6.04 Å². The second kappa shape index (κ2) is 6.02. The lowest BCUT2D eigenvalue weighted by atomic mass is 9.83. The molecule has 94 valence electrons. The van der Waals surface area contributed by atoms with Crippen LogP contribution in [0.25, 0.3) is 0 Å². The lowest BCUT2D eigenvalue weighted by molar-refractivity contribution is 0.270. The standard InChI is InChI=1S/C14H28N2/c1-2-3-4-5-14(16-15)10-13-9-11-6-7-12(13)8-11/h11-14,16H,2-10,15H2,1H3. The number of fused-ring (bicyclic) bond motifs is 2. The fourth-order valence-corrected chi connectivity index (χ4v) is 3.94. The number of hydrazine groups is 1. The zero-order valence-electron chi connectivity index (χ0n) is 10.8. The average Bonchev–Trinajstić information content (AvgIpc) is 2.89. The predicted molar refractivity (Wildman–Crippen MR) is 68.8 cm³/mol. The molecule has 4 unspecified atom stereocenters. The van der Waals surface area contributed by atoms with Gasteiger partial charge in [-0.15, -0.1) is 0 Å². The van der Waals surface area contributed by atoms with Gasteiger partial charge in [0.1, 0.15) is 0 Å². The highest BCUT2D eigenvalue weighted by molar-refractivity contribution is 4.91. The third-order valence-electron chi connectivity index (χ3n) is 4.86. The Kier molecular flexibility index (Phi) is 4.66. The number of rotatable bonds is 7. The molecule has 2 saturated carbocycles. The molecule has 0 aliphatic heterocycles. The Morgan fingerprint density at radius 3 is 2.69 bits per heavy atom. The summed E-state index contributed by atoms with van der Waals surface area (Å²) in [4.78, 5) is 0. The van der Waals surface area contributed by atoms with Crippen LogP contribution in [-0.4, -0.2) is 6.04 Å². The molecule has 2 heteroatoms. The van der Waals surface area contributed by atoms with Crippen molar-refractivity contribution in [2.24, 2.45) is 23.6 Å². The summed E-state index contributed by atoms with van der Waals surface area (Å²) in [6.07, 6.45) is 12.7. The normalized spacial score (nSPS) is 34.5. The maximum Gasteiger partial charge on any atom is 0.0213 e. The molecule has 0 spiro atoms. The first-order chi connectivity index (χ1) is 7.83. The summed E-state index contributed by atoms with van der Waals surface area (Å²) in [5, 5.41) is 0. The highest BCUT2D eigenvalue weighted by Gasteiger charge is 2.39. The third kappa shape index (κ3) is 2.98. The molecule has 0 radical (unpaired) electrons. The van der Waals surface area contributed by atoms with Crippen molar-refractivity contribution in [3.8, 4) is 0 Å². The van der Waals surface area contributed by atoms with E-state index in [0.717, 1.165) is 17.8 Å². The molecule has 2 nitrogen and oxygen atoms in total. The van der Waals surface area contributed by atoms with Gasteiger partial charge in [-0.3, -0.25) is 11.3 Å². The van der Waals surface area contributed by atoms with Crippen LogP contribution in [0, 0.1) is 17.8 Å². The first kappa shape index (κ1) is 12.4. The van der Waals surface area contributed by atoms with Crippen LogP contribution in [0.3, 0.4) is 0 Å². The Hall–Kier alpha value is -0.0800. The summed E-state index contributed by atoms with van der Waals surface area (Å²) in [5.41, 5.74) is 3.05. The van der Waals surface area contributed by atoms with E-state index in [1.54, 1.807) is 0 Å². The van der Waals surface area contributed by atoms with Gasteiger partial charge in [-0.1, -0.05) is 32.6 Å². The molecule has 0 heterocycles. The molecule has 2 aliphatic carbocycles. The van der Waals surface area contributed by atoms with E-state index >= 15 is 0 Å². The van der Waals surface area contributed by atoms with Gasteiger partial charge in [-0.2, -0.15) is 0 Å². The van der Waals surface area contributed by atoms with Crippen LogP contribution in [0.1, 0.15) is 64.7 Å². The van der Waals surface area contributed by atoms with Crippen LogP contribution in [0.4, 0.5) is 0 Å². The van der Waals surface area contributed by atoms with Crippen molar-refractivity contribution in [2.45, 2.75) is 70.8 Å². The van der Waals surface area contributed by atoms with Gasteiger partial charge in [0.05, 0.1) is 0 Å². The van der Waals surface area contributed by atoms with E-state index < -0.39 is 0 Å². The van der Waals surface area contributed by atoms with E-state index in [1.165, 1.54) is 57.8 Å². The molecule has 0 amide bonds. The molecular formula is C14H28N2. The van der Waals surface area contributed by atoms with E-state index in [0.29, 0.717) is 6.04 Å². The molecule has 2 aliphatic rings. The third-order valence-corrected chi connectivity index (χ3v) is 4.86. The highest BCUT2D eigenvalue weighted by Crippen LogP contribution is 2.49. The molecule has 2 fully saturated rings. The molecule has 3 N–H and O–H groups in total. The molecule has 0 saturated heterocycles. The Balaban J connectivity index is 1.70. The lowest BCUT2D eigenvalue weighted by Gasteiger charge is -2.26. The molecule has 0 aromatic carbocycles. The van der Waals surface area contributed by atoms with E-state index in [2.05, 4.69) is 12.3 Å². The number of nitrogens with two attached hydrogens (primary N) is 1. The van der Waals surface area contributed by atoms with E-state index in [4.69, 9.17) is 5.84 Å². The predicted octanol–water partition coefficient (Wildman–Crippen LogP) is 3.22. The van der Waals surface area contributed by atoms with Crippen molar-refractivity contribution in [1.82, 2.24) is 5.43 Å². The maximum atomic E-state index is 5.68. The Bertz CT molecular complexity index is 205. The zero-order valence-corrected chi connectivity index (χ0v) is 10.8. The molecule has 16 heavy (non-hydrogen) atoms.